The molecule has 0 saturated carbocycles. The summed E-state index contributed by atoms with van der Waals surface area (Å²) >= 11 is 0. The number of carbonyl (C=O) groups excluding carboxylic acids is 1. The molecule has 6 nitrogen and oxygen atoms in total. The zero-order valence-electron chi connectivity index (χ0n) is 12.8. The minimum absolute atomic E-state index is 0.169. The predicted molar refractivity (Wildman–Crippen MR) is 82.0 cm³/mol. The van der Waals surface area contributed by atoms with Crippen LogP contribution in [0.15, 0.2) is 36.7 Å². The summed E-state index contributed by atoms with van der Waals surface area (Å²) in [4.78, 5) is 16.3. The van der Waals surface area contributed by atoms with E-state index in [-0.39, 0.29) is 17.6 Å². The molecular formula is C15H21N5O. The molecule has 2 amide bonds. The van der Waals surface area contributed by atoms with Crippen LogP contribution < -0.4 is 10.6 Å². The molecule has 0 spiro atoms. The summed E-state index contributed by atoms with van der Waals surface area (Å²) < 4.78 is 1.78. The molecule has 0 aliphatic carbocycles. The summed E-state index contributed by atoms with van der Waals surface area (Å²) in [6.07, 6.45) is 3.38. The van der Waals surface area contributed by atoms with Gasteiger partial charge >= 0.3 is 6.03 Å². The highest BCUT2D eigenvalue weighted by molar-refractivity contribution is 5.88. The average molecular weight is 287 g/mol. The van der Waals surface area contributed by atoms with E-state index in [1.165, 1.54) is 0 Å². The smallest absolute Gasteiger partial charge is 0.320 e. The highest BCUT2D eigenvalue weighted by Crippen LogP contribution is 2.19. The van der Waals surface area contributed by atoms with Crippen molar-refractivity contribution in [1.29, 1.82) is 0 Å². The zero-order chi connectivity index (χ0) is 15.5. The first-order valence-electron chi connectivity index (χ1n) is 6.91. The maximum atomic E-state index is 12.1. The molecule has 2 rings (SSSR count). The normalized spacial score (nSPS) is 12.8. The number of nitrogens with zero attached hydrogens (tertiary/aromatic N) is 3. The first kappa shape index (κ1) is 15.0. The van der Waals surface area contributed by atoms with Crippen LogP contribution in [0.1, 0.15) is 39.4 Å². The van der Waals surface area contributed by atoms with Crippen molar-refractivity contribution in [2.45, 2.75) is 39.3 Å². The number of anilines is 1. The monoisotopic (exact) mass is 287 g/mol. The van der Waals surface area contributed by atoms with E-state index in [0.717, 1.165) is 5.69 Å². The van der Waals surface area contributed by atoms with Crippen LogP contribution in [0.5, 0.6) is 0 Å². The van der Waals surface area contributed by atoms with Crippen molar-refractivity contribution in [3.05, 3.63) is 42.4 Å². The van der Waals surface area contributed by atoms with Crippen LogP contribution in [-0.2, 0) is 5.54 Å². The Morgan fingerprint density at radius 1 is 1.24 bits per heavy atom. The second kappa shape index (κ2) is 5.95. The molecule has 112 valence electrons. The summed E-state index contributed by atoms with van der Waals surface area (Å²) in [6, 6.07) is 6.95. The Kier molecular flexibility index (Phi) is 4.26. The summed E-state index contributed by atoms with van der Waals surface area (Å²) in [5, 5.41) is 9.92. The number of carbonyl (C=O) groups is 1. The lowest BCUT2D eigenvalue weighted by atomic mass is 10.1. The van der Waals surface area contributed by atoms with E-state index in [1.54, 1.807) is 23.1 Å². The van der Waals surface area contributed by atoms with Crippen molar-refractivity contribution in [1.82, 2.24) is 20.1 Å². The number of rotatable bonds is 3. The van der Waals surface area contributed by atoms with Gasteiger partial charge in [0.2, 0.25) is 0 Å². The van der Waals surface area contributed by atoms with Crippen molar-refractivity contribution in [2.75, 3.05) is 5.32 Å². The van der Waals surface area contributed by atoms with E-state index < -0.39 is 0 Å². The first-order valence-corrected chi connectivity index (χ1v) is 6.91. The second-order valence-corrected chi connectivity index (χ2v) is 5.87. The molecule has 0 fully saturated rings. The largest absolute Gasteiger partial charge is 0.330 e. The van der Waals surface area contributed by atoms with Crippen LogP contribution in [0, 0.1) is 0 Å². The highest BCUT2D eigenvalue weighted by atomic mass is 16.2. The molecular weight excluding hydrogens is 266 g/mol. The van der Waals surface area contributed by atoms with E-state index in [0.29, 0.717) is 5.82 Å². The summed E-state index contributed by atoms with van der Waals surface area (Å²) in [7, 11) is 0. The third-order valence-corrected chi connectivity index (χ3v) is 3.00. The van der Waals surface area contributed by atoms with Crippen molar-refractivity contribution < 1.29 is 4.79 Å². The average Bonchev–Trinajstić information content (AvgIpc) is 2.87. The number of pyridine rings is 1. The standard InChI is InChI=1S/C15H21N5O/c1-11(12-7-5-6-9-16-12)18-14(21)19-13-8-10-17-20(13)15(2,3)4/h5-11H,1-4H3,(H2,18,19,21). The molecule has 6 heteroatoms. The van der Waals surface area contributed by atoms with Gasteiger partial charge in [-0.3, -0.25) is 10.3 Å². The molecule has 2 aromatic rings. The lowest BCUT2D eigenvalue weighted by molar-refractivity contribution is 0.248. The van der Waals surface area contributed by atoms with Gasteiger partial charge in [0.15, 0.2) is 0 Å². The predicted octanol–water partition coefficient (Wildman–Crippen LogP) is 2.92. The zero-order valence-corrected chi connectivity index (χ0v) is 12.8. The lowest BCUT2D eigenvalue weighted by Gasteiger charge is -2.22. The van der Waals surface area contributed by atoms with E-state index in [4.69, 9.17) is 0 Å². The quantitative estimate of drug-likeness (QED) is 0.911. The molecule has 1 unspecified atom stereocenters. The maximum Gasteiger partial charge on any atom is 0.320 e. The Labute approximate surface area is 124 Å². The van der Waals surface area contributed by atoms with Crippen molar-refractivity contribution in [3.8, 4) is 0 Å². The Morgan fingerprint density at radius 3 is 2.62 bits per heavy atom. The highest BCUT2D eigenvalue weighted by Gasteiger charge is 2.19. The fraction of sp³-hybridized carbons (Fsp3) is 0.400. The van der Waals surface area contributed by atoms with Crippen LogP contribution in [0.4, 0.5) is 10.6 Å². The number of hydrogen-bond acceptors (Lipinski definition) is 3. The number of hydrogen-bond donors (Lipinski definition) is 2. The fourth-order valence-electron chi connectivity index (χ4n) is 1.99. The van der Waals surface area contributed by atoms with E-state index in [1.807, 2.05) is 45.9 Å². The van der Waals surface area contributed by atoms with E-state index in [9.17, 15) is 4.79 Å². The Morgan fingerprint density at radius 2 is 2.00 bits per heavy atom. The van der Waals surface area contributed by atoms with Gasteiger partial charge < -0.3 is 5.32 Å². The third kappa shape index (κ3) is 3.81. The molecule has 0 radical (unpaired) electrons. The van der Waals surface area contributed by atoms with Gasteiger partial charge in [-0.05, 0) is 39.8 Å². The summed E-state index contributed by atoms with van der Waals surface area (Å²) in [6.45, 7) is 7.97. The van der Waals surface area contributed by atoms with Crippen LogP contribution in [0.3, 0.4) is 0 Å². The molecule has 0 aliphatic heterocycles. The Bertz CT molecular complexity index is 600. The van der Waals surface area contributed by atoms with Gasteiger partial charge in [0.25, 0.3) is 0 Å². The molecule has 0 bridgehead atoms. The van der Waals surface area contributed by atoms with Gasteiger partial charge in [-0.2, -0.15) is 5.10 Å². The lowest BCUT2D eigenvalue weighted by Crippen LogP contribution is -2.34. The minimum atomic E-state index is -0.279. The Balaban J connectivity index is 2.01. The molecule has 0 aromatic carbocycles. The van der Waals surface area contributed by atoms with Crippen LogP contribution in [-0.4, -0.2) is 20.8 Å². The number of amides is 2. The molecule has 0 aliphatic rings. The number of urea groups is 1. The van der Waals surface area contributed by atoms with Crippen molar-refractivity contribution in [2.24, 2.45) is 0 Å². The first-order chi connectivity index (χ1) is 9.88. The van der Waals surface area contributed by atoms with Gasteiger partial charge in [-0.1, -0.05) is 6.07 Å². The topological polar surface area (TPSA) is 71.8 Å². The summed E-state index contributed by atoms with van der Waals surface area (Å²) in [5.41, 5.74) is 0.621. The van der Waals surface area contributed by atoms with Crippen LogP contribution in [0.25, 0.3) is 0 Å². The fourth-order valence-corrected chi connectivity index (χ4v) is 1.99. The van der Waals surface area contributed by atoms with Crippen LogP contribution >= 0.6 is 0 Å². The molecule has 0 saturated heterocycles. The second-order valence-electron chi connectivity index (χ2n) is 5.87. The minimum Gasteiger partial charge on any atom is -0.330 e. The third-order valence-electron chi connectivity index (χ3n) is 3.00. The van der Waals surface area contributed by atoms with E-state index >= 15 is 0 Å². The molecule has 21 heavy (non-hydrogen) atoms. The van der Waals surface area contributed by atoms with Gasteiger partial charge in [-0.25, -0.2) is 9.48 Å². The molecule has 2 aromatic heterocycles. The van der Waals surface area contributed by atoms with Gasteiger partial charge in [0.05, 0.1) is 23.5 Å². The van der Waals surface area contributed by atoms with Crippen LogP contribution in [0.2, 0.25) is 0 Å². The molecule has 2 heterocycles. The van der Waals surface area contributed by atoms with E-state index in [2.05, 4.69) is 20.7 Å². The molecule has 2 N–H and O–H groups in total. The number of nitrogens with one attached hydrogen (secondary N) is 2. The maximum absolute atomic E-state index is 12.1. The van der Waals surface area contributed by atoms with Gasteiger partial charge in [0.1, 0.15) is 5.82 Å². The molecule has 1 atom stereocenters. The Hall–Kier alpha value is -2.37. The van der Waals surface area contributed by atoms with Crippen molar-refractivity contribution in [3.63, 3.8) is 0 Å². The number of aromatic nitrogens is 3. The van der Waals surface area contributed by atoms with Gasteiger partial charge in [-0.15, -0.1) is 0 Å². The van der Waals surface area contributed by atoms with Crippen molar-refractivity contribution >= 4 is 11.8 Å². The summed E-state index contributed by atoms with van der Waals surface area (Å²) in [5.74, 6) is 0.660. The SMILES string of the molecule is CC(NC(=O)Nc1ccnn1C(C)(C)C)c1ccccn1. The van der Waals surface area contributed by atoms with Gasteiger partial charge in [0, 0.05) is 12.3 Å².